The van der Waals surface area contributed by atoms with Crippen LogP contribution in [0.5, 0.6) is 0 Å². The van der Waals surface area contributed by atoms with Crippen molar-refractivity contribution in [2.24, 2.45) is 5.41 Å². The summed E-state index contributed by atoms with van der Waals surface area (Å²) >= 11 is 0. The molecule has 0 saturated carbocycles. The van der Waals surface area contributed by atoms with Gasteiger partial charge >= 0.3 is 11.9 Å². The Balaban J connectivity index is 1.87. The highest BCUT2D eigenvalue weighted by Crippen LogP contribution is 2.43. The molecule has 0 radical (unpaired) electrons. The van der Waals surface area contributed by atoms with E-state index in [1.54, 1.807) is 0 Å². The molecule has 0 saturated heterocycles. The van der Waals surface area contributed by atoms with E-state index in [9.17, 15) is 20.1 Å². The van der Waals surface area contributed by atoms with Gasteiger partial charge in [-0.15, -0.1) is 0 Å². The SMILES string of the molecule is C=CC(=O)OCCOC(=O)/C(C#N)=C1/CC(C)(C)CC(Nc2ccc(-c3ccccc3)cc2)=C1C#N. The first-order valence-electron chi connectivity index (χ1n) is 11.4. The van der Waals surface area contributed by atoms with E-state index in [0.717, 1.165) is 22.9 Å². The van der Waals surface area contributed by atoms with Crippen molar-refractivity contribution >= 4 is 17.6 Å². The van der Waals surface area contributed by atoms with Gasteiger partial charge in [0.05, 0.1) is 5.57 Å². The van der Waals surface area contributed by atoms with E-state index in [2.05, 4.69) is 18.0 Å². The van der Waals surface area contributed by atoms with Crippen LogP contribution < -0.4 is 5.32 Å². The minimum atomic E-state index is -0.862. The third kappa shape index (κ3) is 6.49. The Morgan fingerprint density at radius 3 is 2.25 bits per heavy atom. The lowest BCUT2D eigenvalue weighted by atomic mass is 9.73. The molecule has 0 unspecified atom stereocenters. The van der Waals surface area contributed by atoms with Crippen molar-refractivity contribution in [2.75, 3.05) is 18.5 Å². The Kier molecular flexibility index (Phi) is 8.43. The summed E-state index contributed by atoms with van der Waals surface area (Å²) in [4.78, 5) is 23.8. The number of ether oxygens (including phenoxy) is 2. The Morgan fingerprint density at radius 1 is 1.00 bits per heavy atom. The second kappa shape index (κ2) is 11.7. The Bertz CT molecular complexity index is 1290. The van der Waals surface area contributed by atoms with Crippen LogP contribution in [0.3, 0.4) is 0 Å². The summed E-state index contributed by atoms with van der Waals surface area (Å²) in [5.41, 5.74) is 3.64. The monoisotopic (exact) mass is 481 g/mol. The van der Waals surface area contributed by atoms with Crippen molar-refractivity contribution in [2.45, 2.75) is 26.7 Å². The predicted octanol–water partition coefficient (Wildman–Crippen LogP) is 5.46. The average molecular weight is 482 g/mol. The highest BCUT2D eigenvalue weighted by Gasteiger charge is 2.34. The summed E-state index contributed by atoms with van der Waals surface area (Å²) in [5.74, 6) is -1.50. The molecule has 0 bridgehead atoms. The number of carbonyl (C=O) groups is 2. The second-order valence-electron chi connectivity index (χ2n) is 9.02. The lowest BCUT2D eigenvalue weighted by molar-refractivity contribution is -0.146. The van der Waals surface area contributed by atoms with Crippen LogP contribution in [0.15, 0.2) is 89.7 Å². The van der Waals surface area contributed by atoms with Gasteiger partial charge in [0, 0.05) is 17.5 Å². The highest BCUT2D eigenvalue weighted by molar-refractivity contribution is 5.95. The average Bonchev–Trinajstić information content (AvgIpc) is 2.87. The van der Waals surface area contributed by atoms with Gasteiger partial charge in [-0.2, -0.15) is 10.5 Å². The number of nitrogens with zero attached hydrogens (tertiary/aromatic N) is 2. The zero-order chi connectivity index (χ0) is 26.1. The van der Waals surface area contributed by atoms with Crippen molar-refractivity contribution in [3.8, 4) is 23.3 Å². The van der Waals surface area contributed by atoms with E-state index < -0.39 is 11.9 Å². The van der Waals surface area contributed by atoms with E-state index in [4.69, 9.17) is 9.47 Å². The summed E-state index contributed by atoms with van der Waals surface area (Å²) in [7, 11) is 0. The van der Waals surface area contributed by atoms with Crippen LogP contribution in [-0.4, -0.2) is 25.2 Å². The number of hydrogen-bond acceptors (Lipinski definition) is 7. The van der Waals surface area contributed by atoms with Gasteiger partial charge in [-0.05, 0) is 47.1 Å². The van der Waals surface area contributed by atoms with Gasteiger partial charge in [0.1, 0.15) is 30.9 Å². The molecule has 2 aromatic rings. The number of rotatable bonds is 8. The van der Waals surface area contributed by atoms with Crippen molar-refractivity contribution in [3.63, 3.8) is 0 Å². The molecule has 1 N–H and O–H groups in total. The van der Waals surface area contributed by atoms with Crippen molar-refractivity contribution in [1.29, 1.82) is 10.5 Å². The van der Waals surface area contributed by atoms with Crippen LogP contribution in [0.25, 0.3) is 11.1 Å². The van der Waals surface area contributed by atoms with Crippen LogP contribution in [0.1, 0.15) is 26.7 Å². The first-order valence-corrected chi connectivity index (χ1v) is 11.4. The lowest BCUT2D eigenvalue weighted by Gasteiger charge is -2.34. The van der Waals surface area contributed by atoms with Crippen LogP contribution in [0.2, 0.25) is 0 Å². The first-order chi connectivity index (χ1) is 17.3. The molecule has 1 aliphatic rings. The maximum absolute atomic E-state index is 12.7. The molecule has 0 amide bonds. The predicted molar refractivity (Wildman–Crippen MR) is 136 cm³/mol. The number of hydrogen-bond donors (Lipinski definition) is 1. The standard InChI is InChI=1S/C29H27N3O4/c1-4-27(33)35-14-15-36-28(34)25(19-31)23-16-29(2,3)17-26(24(23)18-30)32-22-12-10-21(11-13-22)20-8-6-5-7-9-20/h4-13,32H,1,14-17H2,2-3H3/b25-23-. The molecule has 36 heavy (non-hydrogen) atoms. The Hall–Kier alpha value is -4.62. The molecule has 2 aromatic carbocycles. The molecule has 7 nitrogen and oxygen atoms in total. The number of nitrogens with one attached hydrogen (secondary N) is 1. The summed E-state index contributed by atoms with van der Waals surface area (Å²) in [6.45, 7) is 6.93. The third-order valence-corrected chi connectivity index (χ3v) is 5.66. The largest absolute Gasteiger partial charge is 0.459 e. The molecule has 0 aliphatic heterocycles. The van der Waals surface area contributed by atoms with Gasteiger partial charge in [-0.25, -0.2) is 9.59 Å². The van der Waals surface area contributed by atoms with Gasteiger partial charge in [0.25, 0.3) is 0 Å². The van der Waals surface area contributed by atoms with Crippen molar-refractivity contribution in [3.05, 3.63) is 89.7 Å². The quantitative estimate of drug-likeness (QED) is 0.231. The molecule has 1 aliphatic carbocycles. The summed E-state index contributed by atoms with van der Waals surface area (Å²) in [5, 5.41) is 23.1. The number of nitriles is 2. The third-order valence-electron chi connectivity index (χ3n) is 5.66. The maximum atomic E-state index is 12.7. The number of carbonyl (C=O) groups excluding carboxylic acids is 2. The first kappa shape index (κ1) is 26.0. The number of benzene rings is 2. The molecule has 0 spiro atoms. The van der Waals surface area contributed by atoms with Gasteiger partial charge in [-0.1, -0.05) is 62.9 Å². The second-order valence-corrected chi connectivity index (χ2v) is 9.02. The summed E-state index contributed by atoms with van der Waals surface area (Å²) in [6, 6.07) is 21.9. The molecule has 0 fully saturated rings. The molecule has 3 rings (SSSR count). The van der Waals surface area contributed by atoms with Gasteiger partial charge in [0.2, 0.25) is 0 Å². The van der Waals surface area contributed by atoms with E-state index in [1.165, 1.54) is 0 Å². The molecule has 0 aromatic heterocycles. The maximum Gasteiger partial charge on any atom is 0.349 e. The molecule has 0 atom stereocenters. The Morgan fingerprint density at radius 2 is 1.64 bits per heavy atom. The van der Waals surface area contributed by atoms with Crippen molar-refractivity contribution in [1.82, 2.24) is 0 Å². The molecule has 0 heterocycles. The van der Waals surface area contributed by atoms with Gasteiger partial charge < -0.3 is 14.8 Å². The minimum Gasteiger partial charge on any atom is -0.459 e. The normalized spacial score (nSPS) is 15.7. The number of anilines is 1. The number of esters is 2. The molecule has 182 valence electrons. The fourth-order valence-electron chi connectivity index (χ4n) is 4.03. The molecular formula is C29H27N3O4. The highest BCUT2D eigenvalue weighted by atomic mass is 16.6. The lowest BCUT2D eigenvalue weighted by Crippen LogP contribution is -2.26. The Labute approximate surface area is 211 Å². The van der Waals surface area contributed by atoms with Crippen LogP contribution in [0, 0.1) is 28.1 Å². The van der Waals surface area contributed by atoms with Crippen LogP contribution in [0.4, 0.5) is 5.69 Å². The molecular weight excluding hydrogens is 454 g/mol. The zero-order valence-corrected chi connectivity index (χ0v) is 20.3. The fourth-order valence-corrected chi connectivity index (χ4v) is 4.03. The molecule has 7 heteroatoms. The van der Waals surface area contributed by atoms with E-state index >= 15 is 0 Å². The number of allylic oxidation sites excluding steroid dienone is 3. The minimum absolute atomic E-state index is 0.164. The van der Waals surface area contributed by atoms with Gasteiger partial charge in [-0.3, -0.25) is 0 Å². The topological polar surface area (TPSA) is 112 Å². The van der Waals surface area contributed by atoms with E-state index in [-0.39, 0.29) is 29.8 Å². The van der Waals surface area contributed by atoms with Crippen molar-refractivity contribution < 1.29 is 19.1 Å². The fraction of sp³-hybridized carbons (Fsp3) is 0.241. The summed E-state index contributed by atoms with van der Waals surface area (Å²) in [6.07, 6.45) is 1.92. The smallest absolute Gasteiger partial charge is 0.349 e. The van der Waals surface area contributed by atoms with Gasteiger partial charge in [0.15, 0.2) is 0 Å². The summed E-state index contributed by atoms with van der Waals surface area (Å²) < 4.78 is 9.92. The zero-order valence-electron chi connectivity index (χ0n) is 20.3. The van der Waals surface area contributed by atoms with Crippen LogP contribution >= 0.6 is 0 Å². The van der Waals surface area contributed by atoms with E-state index in [0.29, 0.717) is 24.1 Å². The van der Waals surface area contributed by atoms with E-state index in [1.807, 2.05) is 74.5 Å². The van der Waals surface area contributed by atoms with Crippen LogP contribution in [-0.2, 0) is 19.1 Å².